The largest absolute Gasteiger partial charge is 0.416 e. The van der Waals surface area contributed by atoms with E-state index in [1.807, 2.05) is 32.0 Å². The molecule has 0 saturated heterocycles. The minimum atomic E-state index is -4.32. The molecular formula is C16H16F3N. The Morgan fingerprint density at radius 3 is 2.30 bits per heavy atom. The zero-order valence-corrected chi connectivity index (χ0v) is 11.4. The van der Waals surface area contributed by atoms with Gasteiger partial charge < -0.3 is 5.32 Å². The number of benzene rings is 2. The molecule has 20 heavy (non-hydrogen) atoms. The molecule has 1 nitrogen and oxygen atoms in total. The Labute approximate surface area is 116 Å². The lowest BCUT2D eigenvalue weighted by Gasteiger charge is -2.14. The monoisotopic (exact) mass is 279 g/mol. The molecule has 0 spiro atoms. The zero-order chi connectivity index (χ0) is 14.8. The van der Waals surface area contributed by atoms with Gasteiger partial charge in [-0.05, 0) is 48.7 Å². The maximum Gasteiger partial charge on any atom is 0.416 e. The minimum Gasteiger partial charge on any atom is -0.381 e. The smallest absolute Gasteiger partial charge is 0.381 e. The van der Waals surface area contributed by atoms with Gasteiger partial charge in [0.1, 0.15) is 0 Å². The summed E-state index contributed by atoms with van der Waals surface area (Å²) in [7, 11) is 0. The van der Waals surface area contributed by atoms with E-state index in [4.69, 9.17) is 0 Å². The van der Waals surface area contributed by atoms with Gasteiger partial charge in [-0.15, -0.1) is 0 Å². The Balaban J connectivity index is 2.17. The second-order valence-electron chi connectivity index (χ2n) is 4.81. The van der Waals surface area contributed by atoms with E-state index in [0.717, 1.165) is 22.9 Å². The van der Waals surface area contributed by atoms with Crippen molar-refractivity contribution in [3.8, 4) is 0 Å². The molecular weight excluding hydrogens is 263 g/mol. The van der Waals surface area contributed by atoms with Crippen molar-refractivity contribution < 1.29 is 13.2 Å². The van der Waals surface area contributed by atoms with Gasteiger partial charge in [0.15, 0.2) is 0 Å². The Hall–Kier alpha value is -1.97. The Morgan fingerprint density at radius 2 is 1.65 bits per heavy atom. The normalized spacial score (nSPS) is 11.4. The van der Waals surface area contributed by atoms with Crippen LogP contribution in [0.1, 0.15) is 22.3 Å². The number of halogens is 3. The second-order valence-corrected chi connectivity index (χ2v) is 4.81. The quantitative estimate of drug-likeness (QED) is 0.839. The minimum absolute atomic E-state index is 0.151. The number of aryl methyl sites for hydroxylation is 2. The number of nitrogens with one attached hydrogen (secondary N) is 1. The van der Waals surface area contributed by atoms with Crippen molar-refractivity contribution in [3.05, 3.63) is 64.7 Å². The first kappa shape index (κ1) is 14.4. The molecule has 0 heterocycles. The lowest BCUT2D eigenvalue weighted by atomic mass is 10.1. The van der Waals surface area contributed by atoms with Crippen LogP contribution in [0, 0.1) is 13.8 Å². The van der Waals surface area contributed by atoms with Crippen LogP contribution < -0.4 is 5.32 Å². The summed E-state index contributed by atoms with van der Waals surface area (Å²) >= 11 is 0. The summed E-state index contributed by atoms with van der Waals surface area (Å²) in [5.74, 6) is 0. The van der Waals surface area contributed by atoms with Crippen LogP contribution in [-0.2, 0) is 12.7 Å². The summed E-state index contributed by atoms with van der Waals surface area (Å²) in [5, 5.41) is 3.04. The van der Waals surface area contributed by atoms with Crippen LogP contribution in [0.15, 0.2) is 42.5 Å². The fourth-order valence-electron chi connectivity index (χ4n) is 2.00. The molecule has 0 bridgehead atoms. The molecule has 0 aromatic heterocycles. The third-order valence-corrected chi connectivity index (χ3v) is 3.31. The Morgan fingerprint density at radius 1 is 0.950 bits per heavy atom. The van der Waals surface area contributed by atoms with Gasteiger partial charge in [-0.25, -0.2) is 0 Å². The van der Waals surface area contributed by atoms with E-state index in [0.29, 0.717) is 0 Å². The summed E-state index contributed by atoms with van der Waals surface area (Å²) in [5.41, 5.74) is 2.75. The van der Waals surface area contributed by atoms with Crippen LogP contribution in [0.2, 0.25) is 0 Å². The highest BCUT2D eigenvalue weighted by Gasteiger charge is 2.32. The SMILES string of the molecule is Cc1ccc(NCc2ccccc2C(F)(F)F)cc1C. The van der Waals surface area contributed by atoms with Crippen molar-refractivity contribution in [2.24, 2.45) is 0 Å². The predicted molar refractivity (Wildman–Crippen MR) is 74.7 cm³/mol. The first-order valence-corrected chi connectivity index (χ1v) is 6.34. The van der Waals surface area contributed by atoms with E-state index in [1.165, 1.54) is 12.1 Å². The number of alkyl halides is 3. The molecule has 0 atom stereocenters. The van der Waals surface area contributed by atoms with E-state index in [-0.39, 0.29) is 12.1 Å². The lowest BCUT2D eigenvalue weighted by molar-refractivity contribution is -0.138. The van der Waals surface area contributed by atoms with Gasteiger partial charge >= 0.3 is 6.18 Å². The van der Waals surface area contributed by atoms with Crippen molar-refractivity contribution in [2.45, 2.75) is 26.6 Å². The number of rotatable bonds is 3. The summed E-state index contributed by atoms with van der Waals surface area (Å²) in [4.78, 5) is 0. The molecule has 0 radical (unpaired) electrons. The van der Waals surface area contributed by atoms with Crippen LogP contribution in [-0.4, -0.2) is 0 Å². The highest BCUT2D eigenvalue weighted by molar-refractivity contribution is 5.49. The lowest BCUT2D eigenvalue weighted by Crippen LogP contribution is -2.11. The highest BCUT2D eigenvalue weighted by Crippen LogP contribution is 2.32. The van der Waals surface area contributed by atoms with Crippen molar-refractivity contribution in [1.82, 2.24) is 0 Å². The molecule has 106 valence electrons. The maximum absolute atomic E-state index is 12.9. The van der Waals surface area contributed by atoms with Gasteiger partial charge in [-0.2, -0.15) is 13.2 Å². The number of hydrogen-bond donors (Lipinski definition) is 1. The fraction of sp³-hybridized carbons (Fsp3) is 0.250. The second kappa shape index (κ2) is 5.57. The van der Waals surface area contributed by atoms with Gasteiger partial charge in [0.25, 0.3) is 0 Å². The maximum atomic E-state index is 12.9. The van der Waals surface area contributed by atoms with Crippen LogP contribution in [0.3, 0.4) is 0 Å². The van der Waals surface area contributed by atoms with Crippen molar-refractivity contribution in [1.29, 1.82) is 0 Å². The van der Waals surface area contributed by atoms with E-state index < -0.39 is 11.7 Å². The summed E-state index contributed by atoms with van der Waals surface area (Å²) < 4.78 is 38.6. The van der Waals surface area contributed by atoms with Crippen molar-refractivity contribution in [2.75, 3.05) is 5.32 Å². The topological polar surface area (TPSA) is 12.0 Å². The third kappa shape index (κ3) is 3.32. The van der Waals surface area contributed by atoms with Gasteiger partial charge in [0, 0.05) is 12.2 Å². The number of hydrogen-bond acceptors (Lipinski definition) is 1. The molecule has 0 aliphatic carbocycles. The molecule has 0 unspecified atom stereocenters. The molecule has 2 aromatic rings. The van der Waals surface area contributed by atoms with Crippen LogP contribution in [0.4, 0.5) is 18.9 Å². The van der Waals surface area contributed by atoms with E-state index in [9.17, 15) is 13.2 Å². The molecule has 2 aromatic carbocycles. The van der Waals surface area contributed by atoms with E-state index >= 15 is 0 Å². The van der Waals surface area contributed by atoms with Crippen LogP contribution in [0.5, 0.6) is 0 Å². The Bertz CT molecular complexity index is 603. The van der Waals surface area contributed by atoms with E-state index in [2.05, 4.69) is 5.32 Å². The van der Waals surface area contributed by atoms with Crippen LogP contribution >= 0.6 is 0 Å². The van der Waals surface area contributed by atoms with E-state index in [1.54, 1.807) is 6.07 Å². The fourth-order valence-corrected chi connectivity index (χ4v) is 2.00. The first-order valence-electron chi connectivity index (χ1n) is 6.34. The average molecular weight is 279 g/mol. The molecule has 0 saturated carbocycles. The van der Waals surface area contributed by atoms with Gasteiger partial charge in [-0.3, -0.25) is 0 Å². The van der Waals surface area contributed by atoms with Gasteiger partial charge in [0.05, 0.1) is 5.56 Å². The van der Waals surface area contributed by atoms with Crippen LogP contribution in [0.25, 0.3) is 0 Å². The average Bonchev–Trinajstić information content (AvgIpc) is 2.39. The van der Waals surface area contributed by atoms with Gasteiger partial charge in [-0.1, -0.05) is 24.3 Å². The molecule has 4 heteroatoms. The van der Waals surface area contributed by atoms with Gasteiger partial charge in [0.2, 0.25) is 0 Å². The highest BCUT2D eigenvalue weighted by atomic mass is 19.4. The molecule has 0 aliphatic heterocycles. The predicted octanol–water partition coefficient (Wildman–Crippen LogP) is 4.93. The first-order chi connectivity index (χ1) is 9.38. The third-order valence-electron chi connectivity index (χ3n) is 3.31. The number of anilines is 1. The molecule has 1 N–H and O–H groups in total. The molecule has 0 amide bonds. The summed E-state index contributed by atoms with van der Waals surface area (Å²) in [6, 6.07) is 11.4. The van der Waals surface area contributed by atoms with Crippen molar-refractivity contribution >= 4 is 5.69 Å². The molecule has 0 fully saturated rings. The summed E-state index contributed by atoms with van der Waals surface area (Å²) in [6.45, 7) is 4.13. The van der Waals surface area contributed by atoms with Crippen molar-refractivity contribution in [3.63, 3.8) is 0 Å². The zero-order valence-electron chi connectivity index (χ0n) is 11.4. The molecule has 0 aliphatic rings. The molecule has 2 rings (SSSR count). The standard InChI is InChI=1S/C16H16F3N/c1-11-7-8-14(9-12(11)2)20-10-13-5-3-4-6-15(13)16(17,18)19/h3-9,20H,10H2,1-2H3. The Kier molecular flexibility index (Phi) is 4.02. The summed E-state index contributed by atoms with van der Waals surface area (Å²) in [6.07, 6.45) is -4.32.